The Morgan fingerprint density at radius 3 is 2.53 bits per heavy atom. The largest absolute Gasteiger partial charge is 0.477 e. The summed E-state index contributed by atoms with van der Waals surface area (Å²) in [4.78, 5) is 18.4. The van der Waals surface area contributed by atoms with Crippen molar-refractivity contribution < 1.29 is 9.90 Å². The van der Waals surface area contributed by atoms with Crippen LogP contribution in [0.5, 0.6) is 0 Å². The summed E-state index contributed by atoms with van der Waals surface area (Å²) < 4.78 is 0. The van der Waals surface area contributed by atoms with E-state index in [1.54, 1.807) is 0 Å². The van der Waals surface area contributed by atoms with Crippen LogP contribution in [0.1, 0.15) is 68.2 Å². The second kappa shape index (κ2) is 6.89. The van der Waals surface area contributed by atoms with E-state index >= 15 is 0 Å². The fraction of sp³-hybridized carbons (Fsp3) is 0.714. The van der Waals surface area contributed by atoms with E-state index in [9.17, 15) is 9.90 Å². The first-order valence-corrected chi connectivity index (χ1v) is 7.70. The average Bonchev–Trinajstić information content (AvgIpc) is 2.82. The van der Waals surface area contributed by atoms with E-state index < -0.39 is 5.97 Å². The van der Waals surface area contributed by atoms with Crippen molar-refractivity contribution in [2.75, 3.05) is 11.9 Å². The molecule has 0 amide bonds. The van der Waals surface area contributed by atoms with E-state index in [-0.39, 0.29) is 5.92 Å². The minimum Gasteiger partial charge on any atom is -0.477 e. The fourth-order valence-corrected chi connectivity index (χ4v) is 3.04. The number of hydrogen-bond acceptors (Lipinski definition) is 4. The summed E-state index contributed by atoms with van der Waals surface area (Å²) in [5.74, 6) is -0.679. The SMILES string of the molecule is CCCC(C)N(C)c1nc(C(C)CC)c(C(=O)O)s1. The van der Waals surface area contributed by atoms with Gasteiger partial charge in [0.15, 0.2) is 5.13 Å². The first-order chi connectivity index (χ1) is 8.92. The molecule has 0 radical (unpaired) electrons. The van der Waals surface area contributed by atoms with Gasteiger partial charge in [0.05, 0.1) is 5.69 Å². The van der Waals surface area contributed by atoms with Crippen LogP contribution in [0.2, 0.25) is 0 Å². The van der Waals surface area contributed by atoms with Crippen LogP contribution in [0.25, 0.3) is 0 Å². The van der Waals surface area contributed by atoms with Crippen LogP contribution >= 0.6 is 11.3 Å². The molecule has 0 aliphatic heterocycles. The molecule has 19 heavy (non-hydrogen) atoms. The predicted octanol–water partition coefficient (Wildman–Crippen LogP) is 3.98. The highest BCUT2D eigenvalue weighted by molar-refractivity contribution is 7.17. The van der Waals surface area contributed by atoms with Crippen LogP contribution in [0.3, 0.4) is 0 Å². The Kier molecular flexibility index (Phi) is 5.79. The average molecular weight is 284 g/mol. The molecule has 1 N–H and O–H groups in total. The van der Waals surface area contributed by atoms with Crippen molar-refractivity contribution in [3.63, 3.8) is 0 Å². The Morgan fingerprint density at radius 2 is 2.05 bits per heavy atom. The lowest BCUT2D eigenvalue weighted by Gasteiger charge is -2.23. The van der Waals surface area contributed by atoms with E-state index in [1.807, 2.05) is 14.0 Å². The number of carbonyl (C=O) groups is 1. The minimum atomic E-state index is -0.865. The molecule has 5 heteroatoms. The van der Waals surface area contributed by atoms with E-state index in [4.69, 9.17) is 0 Å². The highest BCUT2D eigenvalue weighted by atomic mass is 32.1. The van der Waals surface area contributed by atoms with Crippen molar-refractivity contribution in [3.05, 3.63) is 10.6 Å². The lowest BCUT2D eigenvalue weighted by molar-refractivity contribution is 0.0700. The van der Waals surface area contributed by atoms with Gasteiger partial charge in [-0.15, -0.1) is 0 Å². The van der Waals surface area contributed by atoms with Crippen molar-refractivity contribution in [2.24, 2.45) is 0 Å². The quantitative estimate of drug-likeness (QED) is 0.823. The van der Waals surface area contributed by atoms with Gasteiger partial charge in [-0.3, -0.25) is 0 Å². The molecule has 0 aliphatic rings. The summed E-state index contributed by atoms with van der Waals surface area (Å²) in [7, 11) is 1.99. The summed E-state index contributed by atoms with van der Waals surface area (Å²) in [6.07, 6.45) is 3.09. The number of rotatable bonds is 7. The molecule has 0 bridgehead atoms. The van der Waals surface area contributed by atoms with Gasteiger partial charge in [0.1, 0.15) is 4.88 Å². The molecule has 2 unspecified atom stereocenters. The summed E-state index contributed by atoms with van der Waals surface area (Å²) in [5, 5.41) is 10.1. The number of thiazole rings is 1. The Bertz CT molecular complexity index is 431. The summed E-state index contributed by atoms with van der Waals surface area (Å²) >= 11 is 1.29. The van der Waals surface area contributed by atoms with Crippen LogP contribution < -0.4 is 4.90 Å². The first-order valence-electron chi connectivity index (χ1n) is 6.89. The van der Waals surface area contributed by atoms with Crippen molar-refractivity contribution >= 4 is 22.4 Å². The number of aromatic nitrogens is 1. The Morgan fingerprint density at radius 1 is 1.42 bits per heavy atom. The maximum Gasteiger partial charge on any atom is 0.347 e. The van der Waals surface area contributed by atoms with Gasteiger partial charge < -0.3 is 10.0 Å². The number of nitrogens with zero attached hydrogens (tertiary/aromatic N) is 2. The summed E-state index contributed by atoms with van der Waals surface area (Å²) in [6, 6.07) is 0.377. The maximum absolute atomic E-state index is 11.3. The van der Waals surface area contributed by atoms with Crippen LogP contribution in [-0.4, -0.2) is 29.1 Å². The van der Waals surface area contributed by atoms with Gasteiger partial charge in [-0.2, -0.15) is 0 Å². The van der Waals surface area contributed by atoms with Crippen LogP contribution in [0.15, 0.2) is 0 Å². The standard InChI is InChI=1S/C14H24N2O2S/c1-6-8-10(4)16(5)14-15-11(9(3)7-2)12(19-14)13(17)18/h9-10H,6-8H2,1-5H3,(H,17,18). The molecule has 0 aliphatic carbocycles. The maximum atomic E-state index is 11.3. The zero-order chi connectivity index (χ0) is 14.6. The minimum absolute atomic E-state index is 0.186. The molecule has 108 valence electrons. The van der Waals surface area contributed by atoms with Gasteiger partial charge in [0, 0.05) is 13.1 Å². The van der Waals surface area contributed by atoms with Crippen molar-refractivity contribution in [2.45, 2.75) is 58.9 Å². The molecule has 0 spiro atoms. The topological polar surface area (TPSA) is 53.4 Å². The lowest BCUT2D eigenvalue weighted by Crippen LogP contribution is -2.28. The van der Waals surface area contributed by atoms with Crippen LogP contribution in [0, 0.1) is 0 Å². The monoisotopic (exact) mass is 284 g/mol. The third-order valence-electron chi connectivity index (χ3n) is 3.58. The second-order valence-electron chi connectivity index (χ2n) is 5.07. The highest BCUT2D eigenvalue weighted by Gasteiger charge is 2.23. The van der Waals surface area contributed by atoms with E-state index in [1.165, 1.54) is 11.3 Å². The first kappa shape index (κ1) is 16.0. The van der Waals surface area contributed by atoms with Crippen LogP contribution in [0.4, 0.5) is 5.13 Å². The van der Waals surface area contributed by atoms with E-state index in [2.05, 4.69) is 30.7 Å². The van der Waals surface area contributed by atoms with Gasteiger partial charge in [-0.25, -0.2) is 9.78 Å². The molecule has 0 saturated carbocycles. The zero-order valence-corrected chi connectivity index (χ0v) is 13.3. The number of carboxylic acid groups (broad SMARTS) is 1. The van der Waals surface area contributed by atoms with Gasteiger partial charge >= 0.3 is 5.97 Å². The van der Waals surface area contributed by atoms with Crippen molar-refractivity contribution in [1.82, 2.24) is 4.98 Å². The number of carboxylic acids is 1. The summed E-state index contributed by atoms with van der Waals surface area (Å²) in [6.45, 7) is 8.38. The molecule has 1 aromatic heterocycles. The Hall–Kier alpha value is -1.10. The molecule has 0 fully saturated rings. The molecule has 4 nitrogen and oxygen atoms in total. The molecule has 0 aromatic carbocycles. The fourth-order valence-electron chi connectivity index (χ4n) is 1.95. The number of aromatic carboxylic acids is 1. The van der Waals surface area contributed by atoms with Crippen molar-refractivity contribution in [3.8, 4) is 0 Å². The smallest absolute Gasteiger partial charge is 0.347 e. The normalized spacial score (nSPS) is 14.2. The van der Waals surface area contributed by atoms with E-state index in [0.717, 1.165) is 30.1 Å². The van der Waals surface area contributed by atoms with E-state index in [0.29, 0.717) is 10.9 Å². The Labute approximate surface area is 119 Å². The molecule has 0 saturated heterocycles. The molecule has 1 rings (SSSR count). The predicted molar refractivity (Wildman–Crippen MR) is 80.6 cm³/mol. The van der Waals surface area contributed by atoms with Gasteiger partial charge in [-0.05, 0) is 25.7 Å². The van der Waals surface area contributed by atoms with Crippen LogP contribution in [-0.2, 0) is 0 Å². The van der Waals surface area contributed by atoms with Gasteiger partial charge in [0.2, 0.25) is 0 Å². The Balaban J connectivity index is 3.07. The molecule has 1 aromatic rings. The van der Waals surface area contributed by atoms with Crippen molar-refractivity contribution in [1.29, 1.82) is 0 Å². The molecular formula is C14H24N2O2S. The zero-order valence-electron chi connectivity index (χ0n) is 12.4. The third-order valence-corrected chi connectivity index (χ3v) is 4.73. The van der Waals surface area contributed by atoms with Gasteiger partial charge in [-0.1, -0.05) is 38.5 Å². The van der Waals surface area contributed by atoms with Gasteiger partial charge in [0.25, 0.3) is 0 Å². The number of anilines is 1. The third kappa shape index (κ3) is 3.69. The second-order valence-corrected chi connectivity index (χ2v) is 6.05. The highest BCUT2D eigenvalue weighted by Crippen LogP contribution is 2.32. The lowest BCUT2D eigenvalue weighted by atomic mass is 10.0. The molecule has 2 atom stereocenters. The number of hydrogen-bond donors (Lipinski definition) is 1. The summed E-state index contributed by atoms with van der Waals surface area (Å²) in [5.41, 5.74) is 0.727. The molecule has 1 heterocycles. The molecular weight excluding hydrogens is 260 g/mol.